The van der Waals surface area contributed by atoms with Crippen molar-refractivity contribution in [2.45, 2.75) is 46.2 Å². The van der Waals surface area contributed by atoms with Crippen LogP contribution in [0.25, 0.3) is 0 Å². The molecule has 0 saturated carbocycles. The van der Waals surface area contributed by atoms with Crippen molar-refractivity contribution in [3.8, 4) is 0 Å². The first-order valence-corrected chi connectivity index (χ1v) is 4.89. The van der Waals surface area contributed by atoms with Crippen LogP contribution in [0.4, 0.5) is 0 Å². The number of rotatable bonds is 6. The van der Waals surface area contributed by atoms with E-state index in [1.54, 1.807) is 0 Å². The molecule has 0 saturated heterocycles. The molecule has 0 aliphatic heterocycles. The molecule has 0 aliphatic carbocycles. The summed E-state index contributed by atoms with van der Waals surface area (Å²) in [5.74, 6) is 0. The lowest BCUT2D eigenvalue weighted by Crippen LogP contribution is -2.35. The van der Waals surface area contributed by atoms with Gasteiger partial charge in [-0.2, -0.15) is 0 Å². The van der Waals surface area contributed by atoms with Crippen molar-refractivity contribution in [1.29, 1.82) is 0 Å². The molecular formula is C10H23NO. The second-order valence-electron chi connectivity index (χ2n) is 3.59. The summed E-state index contributed by atoms with van der Waals surface area (Å²) in [6.45, 7) is 10.4. The third kappa shape index (κ3) is 4.73. The standard InChI is InChI=1S/C10H23NO/c1-6-12-8-7-10(4)11(5)9(2)3/h9-10H,6-8H2,1-5H3. The molecule has 0 aromatic carbocycles. The van der Waals surface area contributed by atoms with E-state index in [4.69, 9.17) is 4.74 Å². The minimum absolute atomic E-state index is 0.622. The van der Waals surface area contributed by atoms with Crippen molar-refractivity contribution < 1.29 is 4.74 Å². The maximum absolute atomic E-state index is 5.31. The van der Waals surface area contributed by atoms with Gasteiger partial charge in [0.25, 0.3) is 0 Å². The Balaban J connectivity index is 3.49. The monoisotopic (exact) mass is 173 g/mol. The van der Waals surface area contributed by atoms with E-state index >= 15 is 0 Å². The van der Waals surface area contributed by atoms with E-state index in [1.807, 2.05) is 6.92 Å². The SMILES string of the molecule is CCOCCC(C)N(C)C(C)C. The number of ether oxygens (including phenoxy) is 1. The summed E-state index contributed by atoms with van der Waals surface area (Å²) in [6.07, 6.45) is 1.13. The Morgan fingerprint density at radius 1 is 1.25 bits per heavy atom. The van der Waals surface area contributed by atoms with E-state index in [2.05, 4.69) is 32.7 Å². The fraction of sp³-hybridized carbons (Fsp3) is 1.00. The van der Waals surface area contributed by atoms with Gasteiger partial charge in [0, 0.05) is 25.3 Å². The molecule has 2 heteroatoms. The molecule has 0 aromatic heterocycles. The first-order valence-electron chi connectivity index (χ1n) is 4.89. The molecule has 2 nitrogen and oxygen atoms in total. The first-order chi connectivity index (χ1) is 5.59. The molecule has 1 atom stereocenters. The maximum Gasteiger partial charge on any atom is 0.0480 e. The van der Waals surface area contributed by atoms with Gasteiger partial charge in [0.15, 0.2) is 0 Å². The van der Waals surface area contributed by atoms with Crippen molar-refractivity contribution in [1.82, 2.24) is 4.90 Å². The van der Waals surface area contributed by atoms with E-state index in [0.717, 1.165) is 19.6 Å². The van der Waals surface area contributed by atoms with Gasteiger partial charge in [0.1, 0.15) is 0 Å². The Kier molecular flexibility index (Phi) is 6.39. The number of hydrogen-bond donors (Lipinski definition) is 0. The lowest BCUT2D eigenvalue weighted by Gasteiger charge is -2.28. The zero-order chi connectivity index (χ0) is 9.56. The van der Waals surface area contributed by atoms with Gasteiger partial charge in [-0.3, -0.25) is 0 Å². The van der Waals surface area contributed by atoms with Crippen LogP contribution in [0.1, 0.15) is 34.1 Å². The average molecular weight is 173 g/mol. The van der Waals surface area contributed by atoms with E-state index in [1.165, 1.54) is 0 Å². The highest BCUT2D eigenvalue weighted by molar-refractivity contribution is 4.66. The maximum atomic E-state index is 5.31. The summed E-state index contributed by atoms with van der Waals surface area (Å²) < 4.78 is 5.31. The molecule has 0 aliphatic rings. The molecule has 0 rings (SSSR count). The highest BCUT2D eigenvalue weighted by atomic mass is 16.5. The van der Waals surface area contributed by atoms with Gasteiger partial charge >= 0.3 is 0 Å². The smallest absolute Gasteiger partial charge is 0.0480 e. The number of hydrogen-bond acceptors (Lipinski definition) is 2. The average Bonchev–Trinajstić information content (AvgIpc) is 2.03. The normalized spacial score (nSPS) is 14.2. The summed E-state index contributed by atoms with van der Waals surface area (Å²) in [6, 6.07) is 1.25. The summed E-state index contributed by atoms with van der Waals surface area (Å²) in [4.78, 5) is 2.37. The zero-order valence-electron chi connectivity index (χ0n) is 9.13. The molecule has 0 bridgehead atoms. The predicted molar refractivity (Wildman–Crippen MR) is 53.5 cm³/mol. The largest absolute Gasteiger partial charge is 0.382 e. The fourth-order valence-corrected chi connectivity index (χ4v) is 1.11. The Bertz CT molecular complexity index is 104. The van der Waals surface area contributed by atoms with Crippen LogP contribution in [0.15, 0.2) is 0 Å². The predicted octanol–water partition coefficient (Wildman–Crippen LogP) is 2.14. The second kappa shape index (κ2) is 6.44. The molecule has 74 valence electrons. The topological polar surface area (TPSA) is 12.5 Å². The zero-order valence-corrected chi connectivity index (χ0v) is 9.13. The van der Waals surface area contributed by atoms with E-state index in [-0.39, 0.29) is 0 Å². The fourth-order valence-electron chi connectivity index (χ4n) is 1.11. The van der Waals surface area contributed by atoms with E-state index in [0.29, 0.717) is 12.1 Å². The molecule has 0 N–H and O–H groups in total. The molecule has 0 aromatic rings. The van der Waals surface area contributed by atoms with Crippen LogP contribution in [0.2, 0.25) is 0 Å². The molecule has 0 spiro atoms. The van der Waals surface area contributed by atoms with Gasteiger partial charge in [-0.15, -0.1) is 0 Å². The third-order valence-electron chi connectivity index (χ3n) is 2.39. The van der Waals surface area contributed by atoms with Crippen molar-refractivity contribution in [2.75, 3.05) is 20.3 Å². The van der Waals surface area contributed by atoms with Gasteiger partial charge in [-0.25, -0.2) is 0 Å². The third-order valence-corrected chi connectivity index (χ3v) is 2.39. The van der Waals surface area contributed by atoms with E-state index < -0.39 is 0 Å². The van der Waals surface area contributed by atoms with Crippen LogP contribution in [0.3, 0.4) is 0 Å². The summed E-state index contributed by atoms with van der Waals surface area (Å²) >= 11 is 0. The van der Waals surface area contributed by atoms with Crippen LogP contribution < -0.4 is 0 Å². The van der Waals surface area contributed by atoms with Gasteiger partial charge in [-0.1, -0.05) is 0 Å². The van der Waals surface area contributed by atoms with Gasteiger partial charge < -0.3 is 9.64 Å². The van der Waals surface area contributed by atoms with Gasteiger partial charge in [0.05, 0.1) is 0 Å². The second-order valence-corrected chi connectivity index (χ2v) is 3.59. The summed E-state index contributed by atoms with van der Waals surface area (Å²) in [7, 11) is 2.17. The lowest BCUT2D eigenvalue weighted by molar-refractivity contribution is 0.109. The molecule has 1 unspecified atom stereocenters. The van der Waals surface area contributed by atoms with Gasteiger partial charge in [-0.05, 0) is 41.2 Å². The minimum atomic E-state index is 0.622. The number of nitrogens with zero attached hydrogens (tertiary/aromatic N) is 1. The molecule has 0 heterocycles. The van der Waals surface area contributed by atoms with Crippen LogP contribution in [0.5, 0.6) is 0 Å². The van der Waals surface area contributed by atoms with Gasteiger partial charge in [0.2, 0.25) is 0 Å². The highest BCUT2D eigenvalue weighted by Crippen LogP contribution is 2.05. The molecular weight excluding hydrogens is 150 g/mol. The van der Waals surface area contributed by atoms with Crippen LogP contribution >= 0.6 is 0 Å². The Hall–Kier alpha value is -0.0800. The first kappa shape index (κ1) is 11.9. The van der Waals surface area contributed by atoms with Crippen molar-refractivity contribution in [3.63, 3.8) is 0 Å². The molecule has 12 heavy (non-hydrogen) atoms. The Morgan fingerprint density at radius 3 is 2.25 bits per heavy atom. The van der Waals surface area contributed by atoms with Crippen molar-refractivity contribution in [3.05, 3.63) is 0 Å². The van der Waals surface area contributed by atoms with Crippen molar-refractivity contribution >= 4 is 0 Å². The Morgan fingerprint density at radius 2 is 1.83 bits per heavy atom. The molecule has 0 fully saturated rings. The van der Waals surface area contributed by atoms with Crippen LogP contribution in [0, 0.1) is 0 Å². The molecule has 0 amide bonds. The minimum Gasteiger partial charge on any atom is -0.382 e. The Labute approximate surface area is 76.9 Å². The lowest BCUT2D eigenvalue weighted by atomic mass is 10.2. The quantitative estimate of drug-likeness (QED) is 0.571. The van der Waals surface area contributed by atoms with Crippen LogP contribution in [-0.4, -0.2) is 37.2 Å². The molecule has 0 radical (unpaired) electrons. The summed E-state index contributed by atoms with van der Waals surface area (Å²) in [5.41, 5.74) is 0. The van der Waals surface area contributed by atoms with E-state index in [9.17, 15) is 0 Å². The highest BCUT2D eigenvalue weighted by Gasteiger charge is 2.11. The summed E-state index contributed by atoms with van der Waals surface area (Å²) in [5, 5.41) is 0. The van der Waals surface area contributed by atoms with Crippen LogP contribution in [-0.2, 0) is 4.74 Å². The van der Waals surface area contributed by atoms with Crippen molar-refractivity contribution in [2.24, 2.45) is 0 Å².